The summed E-state index contributed by atoms with van der Waals surface area (Å²) in [5.41, 5.74) is 1.46. The molecule has 1 amide bonds. The fourth-order valence-corrected chi connectivity index (χ4v) is 5.37. The molecule has 1 saturated carbocycles. The van der Waals surface area contributed by atoms with Gasteiger partial charge in [0.1, 0.15) is 5.82 Å². The van der Waals surface area contributed by atoms with Gasteiger partial charge in [0.15, 0.2) is 0 Å². The number of nitrogens with zero attached hydrogens (tertiary/aromatic N) is 3. The van der Waals surface area contributed by atoms with E-state index >= 15 is 0 Å². The lowest BCUT2D eigenvalue weighted by Crippen LogP contribution is -2.47. The van der Waals surface area contributed by atoms with E-state index in [4.69, 9.17) is 23.2 Å². The summed E-state index contributed by atoms with van der Waals surface area (Å²) < 4.78 is 0. The molecule has 4 rings (SSSR count). The number of halogens is 2. The maximum absolute atomic E-state index is 13.1. The van der Waals surface area contributed by atoms with Crippen LogP contribution in [-0.2, 0) is 0 Å². The molecule has 1 aromatic heterocycles. The number of amides is 1. The molecule has 32 heavy (non-hydrogen) atoms. The number of piperidine rings is 1. The first-order chi connectivity index (χ1) is 15.5. The minimum absolute atomic E-state index is 0.222. The molecule has 0 bridgehead atoms. The number of likely N-dealkylation sites (tertiary alicyclic amines) is 1. The topological polar surface area (TPSA) is 48.5 Å². The van der Waals surface area contributed by atoms with Gasteiger partial charge in [0, 0.05) is 49.1 Å². The molecule has 1 aliphatic heterocycles. The van der Waals surface area contributed by atoms with E-state index in [1.54, 1.807) is 18.2 Å². The van der Waals surface area contributed by atoms with Crippen molar-refractivity contribution in [2.75, 3.05) is 30.4 Å². The maximum Gasteiger partial charge on any atom is 0.258 e. The van der Waals surface area contributed by atoms with Crippen molar-refractivity contribution in [3.05, 3.63) is 52.1 Å². The second-order valence-corrected chi connectivity index (χ2v) is 9.87. The van der Waals surface area contributed by atoms with Gasteiger partial charge >= 0.3 is 0 Å². The molecule has 1 aromatic carbocycles. The maximum atomic E-state index is 13.1. The molecule has 0 spiro atoms. The molecule has 5 nitrogen and oxygen atoms in total. The predicted molar refractivity (Wildman–Crippen MR) is 133 cm³/mol. The van der Waals surface area contributed by atoms with E-state index in [-0.39, 0.29) is 5.91 Å². The van der Waals surface area contributed by atoms with Crippen LogP contribution in [-0.4, -0.2) is 48.0 Å². The van der Waals surface area contributed by atoms with Crippen LogP contribution in [0.3, 0.4) is 0 Å². The average molecular weight is 475 g/mol. The summed E-state index contributed by atoms with van der Waals surface area (Å²) in [6.45, 7) is 2.26. The van der Waals surface area contributed by atoms with E-state index in [1.165, 1.54) is 44.7 Å². The van der Waals surface area contributed by atoms with Crippen LogP contribution in [0.4, 0.5) is 11.5 Å². The Balaban J connectivity index is 1.44. The van der Waals surface area contributed by atoms with Gasteiger partial charge in [0.25, 0.3) is 5.91 Å². The van der Waals surface area contributed by atoms with Crippen molar-refractivity contribution >= 4 is 40.6 Å². The van der Waals surface area contributed by atoms with Crippen molar-refractivity contribution in [3.63, 3.8) is 0 Å². The summed E-state index contributed by atoms with van der Waals surface area (Å²) in [4.78, 5) is 22.2. The van der Waals surface area contributed by atoms with Crippen molar-refractivity contribution in [1.29, 1.82) is 0 Å². The Morgan fingerprint density at radius 1 is 1.00 bits per heavy atom. The van der Waals surface area contributed by atoms with Gasteiger partial charge in [-0.15, -0.1) is 0 Å². The zero-order chi connectivity index (χ0) is 22.5. The van der Waals surface area contributed by atoms with Gasteiger partial charge in [-0.25, -0.2) is 4.98 Å². The van der Waals surface area contributed by atoms with Crippen LogP contribution in [0, 0.1) is 0 Å². The second-order valence-electron chi connectivity index (χ2n) is 9.00. The summed E-state index contributed by atoms with van der Waals surface area (Å²) in [7, 11) is 2.09. The number of pyridine rings is 1. The van der Waals surface area contributed by atoms with Crippen LogP contribution in [0.2, 0.25) is 10.0 Å². The molecule has 172 valence electrons. The molecule has 2 heterocycles. The third-order valence-corrected chi connectivity index (χ3v) is 7.40. The smallest absolute Gasteiger partial charge is 0.258 e. The lowest BCUT2D eigenvalue weighted by Gasteiger charge is -2.41. The number of hydrogen-bond acceptors (Lipinski definition) is 4. The van der Waals surface area contributed by atoms with Gasteiger partial charge in [-0.3, -0.25) is 4.79 Å². The molecule has 0 radical (unpaired) electrons. The summed E-state index contributed by atoms with van der Waals surface area (Å²) >= 11 is 12.2. The van der Waals surface area contributed by atoms with Crippen LogP contribution in [0.15, 0.2) is 36.5 Å². The number of carbonyl (C=O) groups is 1. The van der Waals surface area contributed by atoms with Gasteiger partial charge in [-0.05, 0) is 56.0 Å². The highest BCUT2D eigenvalue weighted by molar-refractivity contribution is 6.31. The molecule has 0 unspecified atom stereocenters. The van der Waals surface area contributed by atoms with Crippen LogP contribution < -0.4 is 10.2 Å². The highest BCUT2D eigenvalue weighted by atomic mass is 35.5. The highest BCUT2D eigenvalue weighted by Crippen LogP contribution is 2.31. The second kappa shape index (κ2) is 10.9. The minimum Gasteiger partial charge on any atom is -0.371 e. The Hall–Kier alpha value is -1.82. The summed E-state index contributed by atoms with van der Waals surface area (Å²) in [5.74, 6) is 0.241. The van der Waals surface area contributed by atoms with Crippen molar-refractivity contribution in [2.45, 2.75) is 63.5 Å². The zero-order valence-corrected chi connectivity index (χ0v) is 20.2. The van der Waals surface area contributed by atoms with Crippen LogP contribution >= 0.6 is 23.2 Å². The van der Waals surface area contributed by atoms with Crippen LogP contribution in [0.5, 0.6) is 0 Å². The van der Waals surface area contributed by atoms with Crippen LogP contribution in [0.1, 0.15) is 61.7 Å². The fourth-order valence-electron chi connectivity index (χ4n) is 5.09. The number of carbonyl (C=O) groups excluding carboxylic acids is 1. The molecule has 1 N–H and O–H groups in total. The number of benzene rings is 1. The molecule has 1 saturated heterocycles. The number of anilines is 2. The summed E-state index contributed by atoms with van der Waals surface area (Å²) in [5, 5.41) is 3.93. The van der Waals surface area contributed by atoms with Crippen molar-refractivity contribution in [2.24, 2.45) is 0 Å². The molecule has 1 aliphatic carbocycles. The lowest BCUT2D eigenvalue weighted by molar-refractivity contribution is 0.102. The zero-order valence-electron chi connectivity index (χ0n) is 18.7. The van der Waals surface area contributed by atoms with Gasteiger partial charge in [0.05, 0.1) is 10.6 Å². The monoisotopic (exact) mass is 474 g/mol. The van der Waals surface area contributed by atoms with E-state index < -0.39 is 0 Å². The number of hydrogen-bond donors (Lipinski definition) is 1. The largest absolute Gasteiger partial charge is 0.371 e. The first-order valence-corrected chi connectivity index (χ1v) is 12.5. The molecule has 2 aromatic rings. The molecule has 0 atom stereocenters. The Morgan fingerprint density at radius 2 is 1.69 bits per heavy atom. The highest BCUT2D eigenvalue weighted by Gasteiger charge is 2.29. The quantitative estimate of drug-likeness (QED) is 0.519. The van der Waals surface area contributed by atoms with E-state index in [0.29, 0.717) is 27.5 Å². The average Bonchev–Trinajstić information content (AvgIpc) is 3.10. The van der Waals surface area contributed by atoms with E-state index in [0.717, 1.165) is 37.7 Å². The minimum atomic E-state index is -0.222. The van der Waals surface area contributed by atoms with E-state index in [9.17, 15) is 4.79 Å². The third kappa shape index (κ3) is 5.75. The van der Waals surface area contributed by atoms with E-state index in [1.807, 2.05) is 12.1 Å². The van der Waals surface area contributed by atoms with Gasteiger partial charge < -0.3 is 15.1 Å². The van der Waals surface area contributed by atoms with Crippen molar-refractivity contribution < 1.29 is 4.79 Å². The Kier molecular flexibility index (Phi) is 7.93. The third-order valence-electron chi connectivity index (χ3n) is 6.94. The lowest BCUT2D eigenvalue weighted by atomic mass is 9.98. The predicted octanol–water partition coefficient (Wildman–Crippen LogP) is 6.26. The number of nitrogens with one attached hydrogen (secondary N) is 1. The SMILES string of the molecule is CN(c1ccc(Cl)cc1C(=O)Nc1ccc(Cl)cn1)C1CCN(C2CCCCCC2)CC1. The van der Waals surface area contributed by atoms with Crippen molar-refractivity contribution in [3.8, 4) is 0 Å². The first kappa shape index (κ1) is 23.3. The Labute approximate surface area is 201 Å². The molecule has 7 heteroatoms. The standard InChI is InChI=1S/C25H32Cl2N4O/c1-30(20-12-14-31(15-13-20)21-6-4-2-3-5-7-21)23-10-8-18(26)16-22(23)25(32)29-24-11-9-19(27)17-28-24/h8-11,16-17,20-21H,2-7,12-15H2,1H3,(H,28,29,32). The Morgan fingerprint density at radius 3 is 2.34 bits per heavy atom. The molecular formula is C25H32Cl2N4O. The summed E-state index contributed by atoms with van der Waals surface area (Å²) in [6, 6.07) is 10.1. The van der Waals surface area contributed by atoms with Crippen molar-refractivity contribution in [1.82, 2.24) is 9.88 Å². The van der Waals surface area contributed by atoms with Gasteiger partial charge in [-0.2, -0.15) is 0 Å². The number of rotatable bonds is 5. The summed E-state index contributed by atoms with van der Waals surface area (Å²) in [6.07, 6.45) is 12.0. The molecule has 2 aliphatic rings. The normalized spacial score (nSPS) is 18.8. The van der Waals surface area contributed by atoms with E-state index in [2.05, 4.69) is 27.1 Å². The molecular weight excluding hydrogens is 443 g/mol. The van der Waals surface area contributed by atoms with Gasteiger partial charge in [-0.1, -0.05) is 48.9 Å². The van der Waals surface area contributed by atoms with Crippen LogP contribution in [0.25, 0.3) is 0 Å². The first-order valence-electron chi connectivity index (χ1n) is 11.7. The Bertz CT molecular complexity index is 905. The fraction of sp³-hybridized carbons (Fsp3) is 0.520. The van der Waals surface area contributed by atoms with Gasteiger partial charge in [0.2, 0.25) is 0 Å². The molecule has 2 fully saturated rings. The number of aromatic nitrogens is 1.